The predicted molar refractivity (Wildman–Crippen MR) is 62.3 cm³/mol. The fourth-order valence-electron chi connectivity index (χ4n) is 1.11. The molecule has 0 radical (unpaired) electrons. The topological polar surface area (TPSA) is 60.2 Å². The van der Waals surface area contributed by atoms with Crippen LogP contribution in [0.25, 0.3) is 0 Å². The number of anilines is 1. The molecule has 2 heterocycles. The van der Waals surface area contributed by atoms with E-state index in [2.05, 4.69) is 31.2 Å². The number of nitrogens with zero attached hydrogens (tertiary/aromatic N) is 2. The Kier molecular flexibility index (Phi) is 3.40. The summed E-state index contributed by atoms with van der Waals surface area (Å²) in [6, 6.07) is 3.65. The van der Waals surface area contributed by atoms with E-state index in [0.29, 0.717) is 22.9 Å². The van der Waals surface area contributed by atoms with E-state index >= 15 is 0 Å². The lowest BCUT2D eigenvalue weighted by molar-refractivity contribution is 0.259. The number of hydrogen-bond acceptors (Lipinski definition) is 5. The van der Waals surface area contributed by atoms with Gasteiger partial charge in [0.2, 0.25) is 11.8 Å². The molecule has 0 aliphatic heterocycles. The maximum absolute atomic E-state index is 5.49. The highest BCUT2D eigenvalue weighted by Crippen LogP contribution is 2.23. The highest BCUT2D eigenvalue weighted by atomic mass is 79.9. The van der Waals surface area contributed by atoms with E-state index in [1.54, 1.807) is 19.5 Å². The standard InChI is InChI=1S/C10H10BrN3O2/c1-12-10-13-5-8(11)9(14-10)16-6-7-3-2-4-15-7/h2-5H,6H2,1H3,(H,12,13,14). The third-order valence-electron chi connectivity index (χ3n) is 1.87. The van der Waals surface area contributed by atoms with Gasteiger partial charge in [-0.05, 0) is 28.1 Å². The molecule has 0 unspecified atom stereocenters. The number of halogens is 1. The highest BCUT2D eigenvalue weighted by molar-refractivity contribution is 9.10. The van der Waals surface area contributed by atoms with Crippen molar-refractivity contribution < 1.29 is 9.15 Å². The average molecular weight is 284 g/mol. The molecule has 0 atom stereocenters. The SMILES string of the molecule is CNc1ncc(Br)c(OCc2ccco2)n1. The van der Waals surface area contributed by atoms with E-state index in [9.17, 15) is 0 Å². The van der Waals surface area contributed by atoms with Crippen molar-refractivity contribution in [2.75, 3.05) is 12.4 Å². The molecule has 0 aliphatic rings. The van der Waals surface area contributed by atoms with Crippen LogP contribution in [0.2, 0.25) is 0 Å². The molecule has 2 aromatic rings. The van der Waals surface area contributed by atoms with Crippen molar-refractivity contribution in [3.05, 3.63) is 34.8 Å². The van der Waals surface area contributed by atoms with Crippen LogP contribution in [0.3, 0.4) is 0 Å². The maximum atomic E-state index is 5.49. The van der Waals surface area contributed by atoms with Crippen molar-refractivity contribution in [3.63, 3.8) is 0 Å². The third-order valence-corrected chi connectivity index (χ3v) is 2.41. The molecule has 84 valence electrons. The third kappa shape index (κ3) is 2.52. The van der Waals surface area contributed by atoms with Gasteiger partial charge in [-0.1, -0.05) is 0 Å². The molecule has 5 nitrogen and oxygen atoms in total. The lowest BCUT2D eigenvalue weighted by Gasteiger charge is -2.06. The Balaban J connectivity index is 2.08. The molecule has 0 aromatic carbocycles. The molecule has 0 bridgehead atoms. The number of furan rings is 1. The molecular weight excluding hydrogens is 274 g/mol. The minimum Gasteiger partial charge on any atom is -0.469 e. The zero-order valence-corrected chi connectivity index (χ0v) is 10.2. The van der Waals surface area contributed by atoms with E-state index in [0.717, 1.165) is 5.76 Å². The van der Waals surface area contributed by atoms with Crippen LogP contribution in [0.4, 0.5) is 5.95 Å². The Morgan fingerprint density at radius 1 is 1.56 bits per heavy atom. The van der Waals surface area contributed by atoms with E-state index in [1.165, 1.54) is 0 Å². The average Bonchev–Trinajstić information content (AvgIpc) is 2.81. The fraction of sp³-hybridized carbons (Fsp3) is 0.200. The lowest BCUT2D eigenvalue weighted by atomic mass is 10.5. The molecule has 0 saturated carbocycles. The monoisotopic (exact) mass is 283 g/mol. The van der Waals surface area contributed by atoms with Gasteiger partial charge in [-0.25, -0.2) is 4.98 Å². The summed E-state index contributed by atoms with van der Waals surface area (Å²) in [5, 5.41) is 2.84. The Morgan fingerprint density at radius 2 is 2.44 bits per heavy atom. The van der Waals surface area contributed by atoms with Crippen LogP contribution >= 0.6 is 15.9 Å². The van der Waals surface area contributed by atoms with Crippen molar-refractivity contribution >= 4 is 21.9 Å². The Bertz CT molecular complexity index is 459. The van der Waals surface area contributed by atoms with Crippen LogP contribution in [0.1, 0.15) is 5.76 Å². The van der Waals surface area contributed by atoms with E-state index < -0.39 is 0 Å². The van der Waals surface area contributed by atoms with Gasteiger partial charge in [-0.2, -0.15) is 4.98 Å². The first-order valence-electron chi connectivity index (χ1n) is 4.65. The van der Waals surface area contributed by atoms with Crippen molar-refractivity contribution in [2.45, 2.75) is 6.61 Å². The molecule has 1 N–H and O–H groups in total. The number of aromatic nitrogens is 2. The quantitative estimate of drug-likeness (QED) is 0.934. The maximum Gasteiger partial charge on any atom is 0.233 e. The van der Waals surface area contributed by atoms with Gasteiger partial charge >= 0.3 is 0 Å². The molecule has 0 saturated heterocycles. The molecule has 16 heavy (non-hydrogen) atoms. The normalized spacial score (nSPS) is 10.1. The molecule has 2 aromatic heterocycles. The first-order valence-corrected chi connectivity index (χ1v) is 5.44. The lowest BCUT2D eigenvalue weighted by Crippen LogP contribution is -2.01. The Hall–Kier alpha value is -1.56. The fourth-order valence-corrected chi connectivity index (χ4v) is 1.41. The molecule has 0 spiro atoms. The van der Waals surface area contributed by atoms with Gasteiger partial charge in [0.15, 0.2) is 0 Å². The summed E-state index contributed by atoms with van der Waals surface area (Å²) in [4.78, 5) is 8.19. The second kappa shape index (κ2) is 4.98. The first-order chi connectivity index (χ1) is 7.79. The zero-order chi connectivity index (χ0) is 11.4. The number of ether oxygens (including phenoxy) is 1. The van der Waals surface area contributed by atoms with E-state index in [4.69, 9.17) is 9.15 Å². The van der Waals surface area contributed by atoms with Crippen molar-refractivity contribution in [2.24, 2.45) is 0 Å². The largest absolute Gasteiger partial charge is 0.469 e. The van der Waals surface area contributed by atoms with Crippen LogP contribution in [0.5, 0.6) is 5.88 Å². The zero-order valence-electron chi connectivity index (χ0n) is 8.61. The van der Waals surface area contributed by atoms with Gasteiger partial charge < -0.3 is 14.5 Å². The second-order valence-corrected chi connectivity index (χ2v) is 3.82. The molecule has 0 fully saturated rings. The number of nitrogens with one attached hydrogen (secondary N) is 1. The molecule has 0 aliphatic carbocycles. The highest BCUT2D eigenvalue weighted by Gasteiger charge is 2.06. The van der Waals surface area contributed by atoms with Gasteiger partial charge in [-0.3, -0.25) is 0 Å². The summed E-state index contributed by atoms with van der Waals surface area (Å²) in [7, 11) is 1.75. The van der Waals surface area contributed by atoms with Crippen LogP contribution < -0.4 is 10.1 Å². The molecule has 2 rings (SSSR count). The smallest absolute Gasteiger partial charge is 0.233 e. The minimum atomic E-state index is 0.339. The van der Waals surface area contributed by atoms with Crippen LogP contribution in [-0.4, -0.2) is 17.0 Å². The van der Waals surface area contributed by atoms with E-state index in [-0.39, 0.29) is 0 Å². The summed E-state index contributed by atoms with van der Waals surface area (Å²) in [6.07, 6.45) is 3.24. The second-order valence-electron chi connectivity index (χ2n) is 2.96. The Morgan fingerprint density at radius 3 is 3.12 bits per heavy atom. The van der Waals surface area contributed by atoms with Crippen molar-refractivity contribution in [1.29, 1.82) is 0 Å². The van der Waals surface area contributed by atoms with Crippen molar-refractivity contribution in [3.8, 4) is 5.88 Å². The summed E-state index contributed by atoms with van der Waals surface area (Å²) < 4.78 is 11.4. The predicted octanol–water partition coefficient (Wildman–Crippen LogP) is 2.45. The van der Waals surface area contributed by atoms with Gasteiger partial charge in [0.05, 0.1) is 16.9 Å². The number of hydrogen-bond donors (Lipinski definition) is 1. The van der Waals surface area contributed by atoms with Gasteiger partial charge in [0.25, 0.3) is 0 Å². The van der Waals surface area contributed by atoms with Gasteiger partial charge in [0, 0.05) is 7.05 Å². The first kappa shape index (κ1) is 10.9. The van der Waals surface area contributed by atoms with Crippen LogP contribution in [-0.2, 0) is 6.61 Å². The minimum absolute atomic E-state index is 0.339. The van der Waals surface area contributed by atoms with Gasteiger partial charge in [0.1, 0.15) is 12.4 Å². The Labute approximate surface area is 101 Å². The summed E-state index contributed by atoms with van der Waals surface area (Å²) in [5.41, 5.74) is 0. The van der Waals surface area contributed by atoms with Gasteiger partial charge in [-0.15, -0.1) is 0 Å². The summed E-state index contributed by atoms with van der Waals surface area (Å²) in [5.74, 6) is 1.74. The summed E-state index contributed by atoms with van der Waals surface area (Å²) >= 11 is 3.32. The van der Waals surface area contributed by atoms with Crippen LogP contribution in [0.15, 0.2) is 33.5 Å². The molecule has 6 heteroatoms. The van der Waals surface area contributed by atoms with Crippen molar-refractivity contribution in [1.82, 2.24) is 9.97 Å². The molecule has 0 amide bonds. The number of rotatable bonds is 4. The van der Waals surface area contributed by atoms with Crippen LogP contribution in [0, 0.1) is 0 Å². The van der Waals surface area contributed by atoms with E-state index in [1.807, 2.05) is 12.1 Å². The summed E-state index contributed by atoms with van der Waals surface area (Å²) in [6.45, 7) is 0.339. The molecular formula is C10H10BrN3O2.